The number of hydrogen-bond donors (Lipinski definition) is 0. The molecule has 15 heavy (non-hydrogen) atoms. The monoisotopic (exact) mass is 264 g/mol. The third-order valence-corrected chi connectivity index (χ3v) is 3.29. The zero-order chi connectivity index (χ0) is 10.7. The van der Waals surface area contributed by atoms with Crippen LogP contribution in [0.5, 0.6) is 0 Å². The van der Waals surface area contributed by atoms with Gasteiger partial charge < -0.3 is 0 Å². The SMILES string of the molecule is Fc1ccccc1C(Br)c1ccccc1. The van der Waals surface area contributed by atoms with Crippen LogP contribution >= 0.6 is 15.9 Å². The van der Waals surface area contributed by atoms with Crippen LogP contribution in [0, 0.1) is 5.82 Å². The van der Waals surface area contributed by atoms with Gasteiger partial charge in [0, 0.05) is 5.56 Å². The van der Waals surface area contributed by atoms with Crippen LogP contribution in [0.15, 0.2) is 54.6 Å². The van der Waals surface area contributed by atoms with E-state index in [2.05, 4.69) is 15.9 Å². The fourth-order valence-corrected chi connectivity index (χ4v) is 2.16. The molecule has 0 aliphatic rings. The van der Waals surface area contributed by atoms with E-state index in [-0.39, 0.29) is 10.6 Å². The molecule has 0 fully saturated rings. The van der Waals surface area contributed by atoms with Crippen LogP contribution in [0.3, 0.4) is 0 Å². The van der Waals surface area contributed by atoms with E-state index in [4.69, 9.17) is 0 Å². The summed E-state index contributed by atoms with van der Waals surface area (Å²) in [5.74, 6) is -0.178. The maximum absolute atomic E-state index is 13.5. The van der Waals surface area contributed by atoms with Gasteiger partial charge in [-0.3, -0.25) is 0 Å². The Balaban J connectivity index is 2.37. The molecule has 0 aliphatic heterocycles. The van der Waals surface area contributed by atoms with Gasteiger partial charge in [0.1, 0.15) is 5.82 Å². The molecular weight excluding hydrogens is 255 g/mol. The molecule has 0 amide bonds. The van der Waals surface area contributed by atoms with Crippen LogP contribution in [0.1, 0.15) is 16.0 Å². The summed E-state index contributed by atoms with van der Waals surface area (Å²) in [6.07, 6.45) is 0. The molecule has 1 unspecified atom stereocenters. The molecule has 1 atom stereocenters. The fourth-order valence-electron chi connectivity index (χ4n) is 1.48. The van der Waals surface area contributed by atoms with Crippen molar-refractivity contribution >= 4 is 15.9 Å². The number of benzene rings is 2. The lowest BCUT2D eigenvalue weighted by molar-refractivity contribution is 0.613. The second-order valence-electron chi connectivity index (χ2n) is 3.29. The maximum atomic E-state index is 13.5. The summed E-state index contributed by atoms with van der Waals surface area (Å²) in [7, 11) is 0. The van der Waals surface area contributed by atoms with Crippen molar-refractivity contribution in [3.05, 3.63) is 71.5 Å². The Hall–Kier alpha value is -1.15. The Morgan fingerprint density at radius 3 is 2.13 bits per heavy atom. The molecule has 2 aromatic carbocycles. The number of hydrogen-bond acceptors (Lipinski definition) is 0. The Morgan fingerprint density at radius 1 is 0.867 bits per heavy atom. The summed E-state index contributed by atoms with van der Waals surface area (Å²) in [6, 6.07) is 16.6. The van der Waals surface area contributed by atoms with Crippen LogP contribution in [-0.2, 0) is 0 Å². The predicted octanol–water partition coefficient (Wildman–Crippen LogP) is 4.31. The van der Waals surface area contributed by atoms with Crippen molar-refractivity contribution in [1.29, 1.82) is 0 Å². The van der Waals surface area contributed by atoms with Crippen LogP contribution in [-0.4, -0.2) is 0 Å². The summed E-state index contributed by atoms with van der Waals surface area (Å²) >= 11 is 3.50. The molecule has 0 saturated carbocycles. The van der Waals surface area contributed by atoms with Gasteiger partial charge in [-0.05, 0) is 11.6 Å². The van der Waals surface area contributed by atoms with Crippen LogP contribution < -0.4 is 0 Å². The van der Waals surface area contributed by atoms with Gasteiger partial charge in [-0.15, -0.1) is 0 Å². The van der Waals surface area contributed by atoms with Gasteiger partial charge in [-0.2, -0.15) is 0 Å². The van der Waals surface area contributed by atoms with Crippen molar-refractivity contribution in [3.8, 4) is 0 Å². The Morgan fingerprint density at radius 2 is 1.47 bits per heavy atom. The summed E-state index contributed by atoms with van der Waals surface area (Å²) in [5, 5.41) is 0. The standard InChI is InChI=1S/C13H10BrF/c14-13(10-6-2-1-3-7-10)11-8-4-5-9-12(11)15/h1-9,13H. The van der Waals surface area contributed by atoms with Gasteiger partial charge in [0.15, 0.2) is 0 Å². The Kier molecular flexibility index (Phi) is 3.17. The van der Waals surface area contributed by atoms with E-state index in [1.807, 2.05) is 36.4 Å². The third kappa shape index (κ3) is 2.26. The molecule has 76 valence electrons. The molecule has 0 heterocycles. The second kappa shape index (κ2) is 4.58. The van der Waals surface area contributed by atoms with Gasteiger partial charge in [-0.25, -0.2) is 4.39 Å². The van der Waals surface area contributed by atoms with Crippen molar-refractivity contribution in [3.63, 3.8) is 0 Å². The molecule has 0 aromatic heterocycles. The summed E-state index contributed by atoms with van der Waals surface area (Å²) < 4.78 is 13.5. The molecule has 2 aromatic rings. The van der Waals surface area contributed by atoms with Gasteiger partial charge in [-0.1, -0.05) is 64.5 Å². The lowest BCUT2D eigenvalue weighted by atomic mass is 10.0. The van der Waals surface area contributed by atoms with Crippen LogP contribution in [0.2, 0.25) is 0 Å². The van der Waals surface area contributed by atoms with Gasteiger partial charge >= 0.3 is 0 Å². The average Bonchev–Trinajstić information content (AvgIpc) is 2.30. The minimum absolute atomic E-state index is 0.0834. The quantitative estimate of drug-likeness (QED) is 0.710. The maximum Gasteiger partial charge on any atom is 0.127 e. The number of alkyl halides is 1. The number of halogens is 2. The molecule has 0 spiro atoms. The topological polar surface area (TPSA) is 0 Å². The van der Waals surface area contributed by atoms with Gasteiger partial charge in [0.05, 0.1) is 4.83 Å². The highest BCUT2D eigenvalue weighted by Gasteiger charge is 2.13. The molecule has 2 rings (SSSR count). The second-order valence-corrected chi connectivity index (χ2v) is 4.21. The first kappa shape index (κ1) is 10.4. The zero-order valence-electron chi connectivity index (χ0n) is 8.03. The lowest BCUT2D eigenvalue weighted by Gasteiger charge is -2.11. The molecule has 0 saturated heterocycles. The van der Waals surface area contributed by atoms with Crippen molar-refractivity contribution < 1.29 is 4.39 Å². The van der Waals surface area contributed by atoms with Crippen LogP contribution in [0.25, 0.3) is 0 Å². The van der Waals surface area contributed by atoms with E-state index >= 15 is 0 Å². The molecule has 2 heteroatoms. The highest BCUT2D eigenvalue weighted by molar-refractivity contribution is 9.09. The highest BCUT2D eigenvalue weighted by Crippen LogP contribution is 2.31. The van der Waals surface area contributed by atoms with Crippen molar-refractivity contribution in [2.45, 2.75) is 4.83 Å². The van der Waals surface area contributed by atoms with E-state index in [1.54, 1.807) is 12.1 Å². The molecular formula is C13H10BrF. The fraction of sp³-hybridized carbons (Fsp3) is 0.0769. The van der Waals surface area contributed by atoms with E-state index in [0.29, 0.717) is 5.56 Å². The van der Waals surface area contributed by atoms with E-state index in [1.165, 1.54) is 6.07 Å². The largest absolute Gasteiger partial charge is 0.207 e. The number of rotatable bonds is 2. The molecule has 0 aliphatic carbocycles. The van der Waals surface area contributed by atoms with Gasteiger partial charge in [0.25, 0.3) is 0 Å². The Labute approximate surface area is 96.9 Å². The highest BCUT2D eigenvalue weighted by atomic mass is 79.9. The van der Waals surface area contributed by atoms with Crippen molar-refractivity contribution in [1.82, 2.24) is 0 Å². The van der Waals surface area contributed by atoms with E-state index in [9.17, 15) is 4.39 Å². The zero-order valence-corrected chi connectivity index (χ0v) is 9.62. The first-order valence-electron chi connectivity index (χ1n) is 4.72. The van der Waals surface area contributed by atoms with Crippen LogP contribution in [0.4, 0.5) is 4.39 Å². The average molecular weight is 265 g/mol. The summed E-state index contributed by atoms with van der Waals surface area (Å²) in [4.78, 5) is -0.0834. The molecule has 0 N–H and O–H groups in total. The lowest BCUT2D eigenvalue weighted by Crippen LogP contribution is -1.95. The predicted molar refractivity (Wildman–Crippen MR) is 63.6 cm³/mol. The third-order valence-electron chi connectivity index (χ3n) is 2.27. The summed E-state index contributed by atoms with van der Waals surface area (Å²) in [6.45, 7) is 0. The molecule has 0 bridgehead atoms. The minimum atomic E-state index is -0.178. The smallest absolute Gasteiger partial charge is 0.127 e. The summed E-state index contributed by atoms with van der Waals surface area (Å²) in [5.41, 5.74) is 1.73. The minimum Gasteiger partial charge on any atom is -0.207 e. The van der Waals surface area contributed by atoms with Crippen molar-refractivity contribution in [2.75, 3.05) is 0 Å². The van der Waals surface area contributed by atoms with E-state index < -0.39 is 0 Å². The first-order valence-corrected chi connectivity index (χ1v) is 5.64. The Bertz CT molecular complexity index is 439. The molecule has 0 radical (unpaired) electrons. The first-order chi connectivity index (χ1) is 7.29. The molecule has 0 nitrogen and oxygen atoms in total. The normalized spacial score (nSPS) is 12.4. The van der Waals surface area contributed by atoms with E-state index in [0.717, 1.165) is 5.56 Å². The van der Waals surface area contributed by atoms with Crippen molar-refractivity contribution in [2.24, 2.45) is 0 Å². The van der Waals surface area contributed by atoms with Gasteiger partial charge in [0.2, 0.25) is 0 Å².